The Morgan fingerprint density at radius 3 is 1.39 bits per heavy atom. The van der Waals surface area contributed by atoms with Gasteiger partial charge in [-0.25, -0.2) is 0 Å². The molecule has 0 aromatic heterocycles. The molecule has 10 nitrogen and oxygen atoms in total. The minimum atomic E-state index is -1.36. The topological polar surface area (TPSA) is 132 Å². The van der Waals surface area contributed by atoms with Crippen LogP contribution in [0, 0.1) is 98.1 Å². The molecule has 412 valence electrons. The fourth-order valence-corrected chi connectivity index (χ4v) is 19.8. The van der Waals surface area contributed by atoms with Crippen molar-refractivity contribution in [2.45, 2.75) is 222 Å². The monoisotopic (exact) mass is 1020 g/mol. The molecule has 8 saturated carbocycles. The van der Waals surface area contributed by atoms with Gasteiger partial charge in [0, 0.05) is 26.7 Å². The Balaban J connectivity index is 0.758. The molecule has 1 aromatic carbocycles. The fraction of sp³-hybridized carbons (Fsp3) is 0.828. The molecular weight excluding hydrogens is 929 g/mol. The van der Waals surface area contributed by atoms with Gasteiger partial charge in [0.1, 0.15) is 37.4 Å². The minimum Gasteiger partial charge on any atom is -0.464 e. The third kappa shape index (κ3) is 10.9. The lowest BCUT2D eigenvalue weighted by atomic mass is 9.44. The third-order valence-electron chi connectivity index (χ3n) is 23.8. The summed E-state index contributed by atoms with van der Waals surface area (Å²) < 4.78 is 29.2. The van der Waals surface area contributed by atoms with E-state index in [9.17, 15) is 24.0 Å². The van der Waals surface area contributed by atoms with Crippen LogP contribution in [0.25, 0.3) is 0 Å². The lowest BCUT2D eigenvalue weighted by Gasteiger charge is -2.61. The number of esters is 5. The number of fused-ring (bicyclic) bond motifs is 10. The van der Waals surface area contributed by atoms with Crippen LogP contribution in [0.2, 0.25) is 0 Å². The van der Waals surface area contributed by atoms with E-state index in [1.54, 1.807) is 20.8 Å². The summed E-state index contributed by atoms with van der Waals surface area (Å²) in [5, 5.41) is 0. The number of carbonyl (C=O) groups excluding carboxylic acids is 5. The van der Waals surface area contributed by atoms with Crippen LogP contribution in [-0.4, -0.2) is 55.3 Å². The third-order valence-corrected chi connectivity index (χ3v) is 23.8. The summed E-state index contributed by atoms with van der Waals surface area (Å²) in [5.74, 6) is 5.94. The lowest BCUT2D eigenvalue weighted by Crippen LogP contribution is -2.54. The largest absolute Gasteiger partial charge is 0.464 e. The Morgan fingerprint density at radius 1 is 0.541 bits per heavy atom. The summed E-state index contributed by atoms with van der Waals surface area (Å²) in [6.45, 7) is 19.3. The van der Waals surface area contributed by atoms with Crippen LogP contribution in [0.4, 0.5) is 0 Å². The van der Waals surface area contributed by atoms with Crippen molar-refractivity contribution in [3.63, 3.8) is 0 Å². The van der Waals surface area contributed by atoms with Crippen LogP contribution in [-0.2, 0) is 54.3 Å². The van der Waals surface area contributed by atoms with E-state index in [2.05, 4.69) is 41.5 Å². The molecule has 8 aliphatic carbocycles. The zero-order valence-corrected chi connectivity index (χ0v) is 47.2. The quantitative estimate of drug-likeness (QED) is 0.110. The Hall–Kier alpha value is -3.43. The van der Waals surface area contributed by atoms with Crippen molar-refractivity contribution >= 4 is 29.8 Å². The van der Waals surface area contributed by atoms with Gasteiger partial charge in [-0.3, -0.25) is 24.0 Å². The second-order valence-corrected chi connectivity index (χ2v) is 27.8. The predicted molar refractivity (Wildman–Crippen MR) is 285 cm³/mol. The molecule has 0 bridgehead atoms. The van der Waals surface area contributed by atoms with E-state index < -0.39 is 11.4 Å². The second kappa shape index (κ2) is 22.1. The first-order chi connectivity index (χ1) is 35.2. The average molecular weight is 1030 g/mol. The van der Waals surface area contributed by atoms with Gasteiger partial charge in [-0.1, -0.05) is 71.9 Å². The standard InChI is InChI=1S/C64H96O10/c1-40(51-21-23-53-49-19-17-45-35-47(73-42(3)65)27-31-61(45,6)55(49)29-33-63(51,53)8)15-25-57(67)71-38-60(5,59(69)70-37-44-13-11-10-12-14-44)39-72-58(68)26-16-41(2)52-22-24-54-50-20-18-46-36-48(74-43(4)66)28-32-62(46,7)56(50)30-34-64(52,54)9/h10-14,40-41,45-56H,15-39H2,1-9H3/t40-,41-,45-,46-,47-,48-,49+,50+,51-,52-,53+,54+,55+,56+,61+,62+,63-,64-/m1/s1. The smallest absolute Gasteiger partial charge is 0.319 e. The number of carbonyl (C=O) groups is 5. The molecule has 18 atom stereocenters. The maximum Gasteiger partial charge on any atom is 0.319 e. The first-order valence-corrected chi connectivity index (χ1v) is 30.0. The van der Waals surface area contributed by atoms with Crippen LogP contribution in [0.5, 0.6) is 0 Å². The van der Waals surface area contributed by atoms with Gasteiger partial charge >= 0.3 is 29.8 Å². The molecule has 74 heavy (non-hydrogen) atoms. The van der Waals surface area contributed by atoms with Crippen LogP contribution in [0.15, 0.2) is 30.3 Å². The van der Waals surface area contributed by atoms with E-state index in [4.69, 9.17) is 23.7 Å². The van der Waals surface area contributed by atoms with Crippen molar-refractivity contribution in [2.75, 3.05) is 13.2 Å². The molecule has 10 heteroatoms. The first-order valence-electron chi connectivity index (χ1n) is 30.0. The molecule has 0 aliphatic heterocycles. The molecule has 0 saturated heterocycles. The number of hydrogen-bond acceptors (Lipinski definition) is 10. The SMILES string of the molecule is CC(=O)O[C@@H]1CC[C@@]2(C)[C@H](CC[C@@H]3[C@@H]2CC[C@]2(C)[C@@H]([C@H](C)CCC(=O)OCC(C)(COC(=O)CC[C@@H](C)[C@H]4CC[C@H]5[C@@H]6CC[C@@H]7C[C@H](OC(C)=O)CC[C@]7(C)[C@H]6CC[C@]45C)C(=O)OCc4ccccc4)CC[C@@H]32)C1. The van der Waals surface area contributed by atoms with Crippen molar-refractivity contribution in [1.29, 1.82) is 0 Å². The molecule has 0 radical (unpaired) electrons. The van der Waals surface area contributed by atoms with Crippen LogP contribution >= 0.6 is 0 Å². The predicted octanol–water partition coefficient (Wildman–Crippen LogP) is 13.8. The summed E-state index contributed by atoms with van der Waals surface area (Å²) >= 11 is 0. The number of rotatable bonds is 17. The van der Waals surface area contributed by atoms with Gasteiger partial charge in [-0.2, -0.15) is 0 Å². The molecule has 0 N–H and O–H groups in total. The molecule has 0 amide bonds. The van der Waals surface area contributed by atoms with Crippen LogP contribution in [0.1, 0.15) is 209 Å². The zero-order valence-electron chi connectivity index (χ0n) is 47.2. The van der Waals surface area contributed by atoms with Gasteiger partial charge in [-0.15, -0.1) is 0 Å². The van der Waals surface area contributed by atoms with Gasteiger partial charge in [0.05, 0.1) is 0 Å². The Labute approximate surface area is 445 Å². The molecule has 0 heterocycles. The Morgan fingerprint density at radius 2 is 0.959 bits per heavy atom. The minimum absolute atomic E-state index is 0.0738. The van der Waals surface area contributed by atoms with Gasteiger partial charge in [0.2, 0.25) is 0 Å². The molecule has 9 rings (SSSR count). The molecule has 0 unspecified atom stereocenters. The van der Waals surface area contributed by atoms with Crippen LogP contribution < -0.4 is 0 Å². The summed E-state index contributed by atoms with van der Waals surface area (Å²) in [5.41, 5.74) is 0.648. The van der Waals surface area contributed by atoms with E-state index >= 15 is 0 Å². The van der Waals surface area contributed by atoms with E-state index in [1.165, 1.54) is 77.0 Å². The Bertz CT molecular complexity index is 2050. The van der Waals surface area contributed by atoms with Crippen molar-refractivity contribution in [2.24, 2.45) is 98.1 Å². The van der Waals surface area contributed by atoms with Crippen LogP contribution in [0.3, 0.4) is 0 Å². The number of benzene rings is 1. The second-order valence-electron chi connectivity index (χ2n) is 27.8. The van der Waals surface area contributed by atoms with Gasteiger partial charge in [0.25, 0.3) is 0 Å². The van der Waals surface area contributed by atoms with Crippen molar-refractivity contribution < 1.29 is 47.7 Å². The average Bonchev–Trinajstić information content (AvgIpc) is 3.92. The normalized spacial score (nSPS) is 40.7. The van der Waals surface area contributed by atoms with Gasteiger partial charge in [-0.05, 0) is 234 Å². The van der Waals surface area contributed by atoms with Crippen molar-refractivity contribution in [1.82, 2.24) is 0 Å². The number of hydrogen-bond donors (Lipinski definition) is 0. The van der Waals surface area contributed by atoms with E-state index in [0.717, 1.165) is 80.6 Å². The lowest BCUT2D eigenvalue weighted by molar-refractivity contribution is -0.171. The molecule has 0 spiro atoms. The highest BCUT2D eigenvalue weighted by Gasteiger charge is 2.63. The summed E-state index contributed by atoms with van der Waals surface area (Å²) in [6.07, 6.45) is 23.4. The molecule has 1 aromatic rings. The molecule has 8 fully saturated rings. The fourth-order valence-electron chi connectivity index (χ4n) is 19.8. The van der Waals surface area contributed by atoms with E-state index in [1.807, 2.05) is 30.3 Å². The van der Waals surface area contributed by atoms with Gasteiger partial charge in [0.15, 0.2) is 0 Å². The maximum absolute atomic E-state index is 13.9. The van der Waals surface area contributed by atoms with E-state index in [-0.39, 0.29) is 79.6 Å². The molecular formula is C64H96O10. The molecule has 8 aliphatic rings. The first kappa shape index (κ1) is 55.3. The van der Waals surface area contributed by atoms with Crippen molar-refractivity contribution in [3.8, 4) is 0 Å². The highest BCUT2D eigenvalue weighted by molar-refractivity contribution is 5.78. The zero-order chi connectivity index (χ0) is 52.8. The summed E-state index contributed by atoms with van der Waals surface area (Å²) in [7, 11) is 0. The van der Waals surface area contributed by atoms with E-state index in [0.29, 0.717) is 58.2 Å². The van der Waals surface area contributed by atoms with Gasteiger partial charge < -0.3 is 23.7 Å². The maximum atomic E-state index is 13.9. The van der Waals surface area contributed by atoms with Crippen molar-refractivity contribution in [3.05, 3.63) is 35.9 Å². The highest BCUT2D eigenvalue weighted by atomic mass is 16.6. The summed E-state index contributed by atoms with van der Waals surface area (Å²) in [6, 6.07) is 9.53. The summed E-state index contributed by atoms with van der Waals surface area (Å²) in [4.78, 5) is 64.8. The Kier molecular flexibility index (Phi) is 16.5. The number of ether oxygens (including phenoxy) is 5. The highest BCUT2D eigenvalue weighted by Crippen LogP contribution is 2.70.